The summed E-state index contributed by atoms with van der Waals surface area (Å²) < 4.78 is 5.61. The highest BCUT2D eigenvalue weighted by atomic mass is 16.6. The number of hydrogen-bond donors (Lipinski definition) is 2. The topological polar surface area (TPSA) is 94.5 Å². The Morgan fingerprint density at radius 1 is 1.14 bits per heavy atom. The van der Waals surface area contributed by atoms with Gasteiger partial charge in [-0.15, -0.1) is 0 Å². The van der Waals surface area contributed by atoms with Crippen molar-refractivity contribution in [2.24, 2.45) is 11.8 Å². The van der Waals surface area contributed by atoms with Gasteiger partial charge in [0.1, 0.15) is 12.1 Å². The van der Waals surface area contributed by atoms with E-state index in [1.54, 1.807) is 4.90 Å². The summed E-state index contributed by atoms with van der Waals surface area (Å²) in [7, 11) is 0. The Labute approximate surface area is 171 Å². The number of para-hydroxylation sites is 1. The van der Waals surface area contributed by atoms with Gasteiger partial charge < -0.3 is 15.0 Å². The molecule has 1 aromatic carbocycles. The van der Waals surface area contributed by atoms with Crippen LogP contribution in [0.2, 0.25) is 0 Å². The highest BCUT2D eigenvalue weighted by Crippen LogP contribution is 2.45. The fourth-order valence-corrected chi connectivity index (χ4v) is 5.18. The Morgan fingerprint density at radius 2 is 1.86 bits per heavy atom. The number of nitrogens with zero attached hydrogens (tertiary/aromatic N) is 2. The zero-order valence-corrected chi connectivity index (χ0v) is 16.5. The number of carbonyl (C=O) groups excluding carboxylic acids is 2. The van der Waals surface area contributed by atoms with Crippen LogP contribution in [0.5, 0.6) is 0 Å². The summed E-state index contributed by atoms with van der Waals surface area (Å²) in [5, 5.41) is 15.3. The molecule has 7 heteroatoms. The van der Waals surface area contributed by atoms with E-state index in [-0.39, 0.29) is 24.1 Å². The molecule has 1 heterocycles. The molecule has 3 aliphatic rings. The highest BCUT2D eigenvalue weighted by Gasteiger charge is 2.43. The van der Waals surface area contributed by atoms with Crippen LogP contribution in [0.4, 0.5) is 10.5 Å². The van der Waals surface area contributed by atoms with Crippen LogP contribution in [0.15, 0.2) is 30.3 Å². The minimum Gasteiger partial charge on any atom is -0.446 e. The first-order valence-electron chi connectivity index (χ1n) is 10.6. The van der Waals surface area contributed by atoms with Gasteiger partial charge >= 0.3 is 6.09 Å². The number of carbonyl (C=O) groups is 2. The van der Waals surface area contributed by atoms with Crippen LogP contribution >= 0.6 is 0 Å². The number of anilines is 1. The van der Waals surface area contributed by atoms with Crippen molar-refractivity contribution in [3.8, 4) is 6.07 Å². The van der Waals surface area contributed by atoms with Crippen molar-refractivity contribution in [3.63, 3.8) is 0 Å². The molecule has 2 N–H and O–H groups in total. The zero-order chi connectivity index (χ0) is 20.2. The first-order valence-corrected chi connectivity index (χ1v) is 10.6. The molecule has 154 valence electrons. The van der Waals surface area contributed by atoms with Gasteiger partial charge in [0.05, 0.1) is 12.6 Å². The third kappa shape index (κ3) is 4.70. The molecule has 0 spiro atoms. The monoisotopic (exact) mass is 396 g/mol. The van der Waals surface area contributed by atoms with Crippen LogP contribution < -0.4 is 10.6 Å². The Hall–Kier alpha value is -2.59. The summed E-state index contributed by atoms with van der Waals surface area (Å²) in [6.45, 7) is 1.00. The van der Waals surface area contributed by atoms with Gasteiger partial charge in [-0.25, -0.2) is 4.79 Å². The molecule has 3 fully saturated rings. The number of likely N-dealkylation sites (tertiary alicyclic amines) is 1. The van der Waals surface area contributed by atoms with Crippen molar-refractivity contribution >= 4 is 17.7 Å². The Balaban J connectivity index is 1.18. The van der Waals surface area contributed by atoms with Crippen molar-refractivity contribution in [2.75, 3.05) is 18.4 Å². The fourth-order valence-electron chi connectivity index (χ4n) is 5.18. The molecular formula is C22H28N4O3. The molecule has 5 atom stereocenters. The van der Waals surface area contributed by atoms with Gasteiger partial charge in [-0.1, -0.05) is 18.2 Å². The Morgan fingerprint density at radius 3 is 2.55 bits per heavy atom. The molecule has 0 radical (unpaired) electrons. The van der Waals surface area contributed by atoms with Crippen LogP contribution in [-0.2, 0) is 9.53 Å². The third-order valence-corrected chi connectivity index (χ3v) is 6.53. The third-order valence-electron chi connectivity index (χ3n) is 6.53. The Bertz CT molecular complexity index is 764. The van der Waals surface area contributed by atoms with Crippen LogP contribution in [0.25, 0.3) is 0 Å². The summed E-state index contributed by atoms with van der Waals surface area (Å²) in [4.78, 5) is 26.2. The predicted molar refractivity (Wildman–Crippen MR) is 108 cm³/mol. The average molecular weight is 396 g/mol. The number of rotatable bonds is 5. The second-order valence-corrected chi connectivity index (χ2v) is 8.43. The number of hydrogen-bond acceptors (Lipinski definition) is 5. The van der Waals surface area contributed by atoms with E-state index in [4.69, 9.17) is 10.00 Å². The standard InChI is InChI=1S/C22H28N4O3/c23-13-19-7-4-8-26(19)21(27)14-24-18-9-15-11-20(12-16(15)10-18)29-22(28)25-17-5-2-1-3-6-17/h1-3,5-6,15-16,18-20,24H,4,7-12,14H2,(H,25,28)/t15-,16+,18?,19-,20+/m0/s1. The average Bonchev–Trinajstić information content (AvgIpc) is 3.41. The van der Waals surface area contributed by atoms with E-state index in [0.29, 0.717) is 31.0 Å². The van der Waals surface area contributed by atoms with Crippen molar-refractivity contribution in [3.05, 3.63) is 30.3 Å². The Kier molecular flexibility index (Phi) is 6.00. The van der Waals surface area contributed by atoms with E-state index in [1.165, 1.54) is 0 Å². The fraction of sp³-hybridized carbons (Fsp3) is 0.591. The van der Waals surface area contributed by atoms with Crippen LogP contribution in [0, 0.1) is 23.2 Å². The molecule has 29 heavy (non-hydrogen) atoms. The van der Waals surface area contributed by atoms with Crippen LogP contribution in [-0.4, -0.2) is 48.2 Å². The second-order valence-electron chi connectivity index (χ2n) is 8.43. The van der Waals surface area contributed by atoms with E-state index >= 15 is 0 Å². The summed E-state index contributed by atoms with van der Waals surface area (Å²) in [5.74, 6) is 1.11. The van der Waals surface area contributed by atoms with Crippen molar-refractivity contribution in [1.82, 2.24) is 10.2 Å². The molecule has 1 aliphatic heterocycles. The first-order chi connectivity index (χ1) is 14.1. The van der Waals surface area contributed by atoms with Gasteiger partial charge in [-0.2, -0.15) is 5.26 Å². The molecule has 2 saturated carbocycles. The number of ether oxygens (including phenoxy) is 1. The summed E-state index contributed by atoms with van der Waals surface area (Å²) >= 11 is 0. The minimum absolute atomic E-state index is 0.0303. The predicted octanol–water partition coefficient (Wildman–Crippen LogP) is 2.90. The maximum absolute atomic E-state index is 12.4. The van der Waals surface area contributed by atoms with E-state index < -0.39 is 0 Å². The lowest BCUT2D eigenvalue weighted by atomic mass is 10.0. The van der Waals surface area contributed by atoms with Crippen molar-refractivity contribution < 1.29 is 14.3 Å². The van der Waals surface area contributed by atoms with Gasteiger partial charge in [-0.3, -0.25) is 10.1 Å². The number of nitrogens with one attached hydrogen (secondary N) is 2. The molecule has 1 unspecified atom stereocenters. The van der Waals surface area contributed by atoms with Crippen molar-refractivity contribution in [1.29, 1.82) is 5.26 Å². The zero-order valence-electron chi connectivity index (χ0n) is 16.5. The molecule has 1 saturated heterocycles. The molecular weight excluding hydrogens is 368 g/mol. The molecule has 7 nitrogen and oxygen atoms in total. The smallest absolute Gasteiger partial charge is 0.411 e. The maximum Gasteiger partial charge on any atom is 0.411 e. The molecule has 0 aromatic heterocycles. The van der Waals surface area contributed by atoms with Gasteiger partial charge in [0.25, 0.3) is 0 Å². The van der Waals surface area contributed by atoms with Gasteiger partial charge in [0, 0.05) is 18.3 Å². The van der Waals surface area contributed by atoms with E-state index in [1.807, 2.05) is 30.3 Å². The first kappa shape index (κ1) is 19.7. The quantitative estimate of drug-likeness (QED) is 0.798. The number of nitriles is 1. The van der Waals surface area contributed by atoms with E-state index in [2.05, 4.69) is 16.7 Å². The molecule has 2 amide bonds. The van der Waals surface area contributed by atoms with Gasteiger partial charge in [0.15, 0.2) is 0 Å². The lowest BCUT2D eigenvalue weighted by Gasteiger charge is -2.22. The summed E-state index contributed by atoms with van der Waals surface area (Å²) in [5.41, 5.74) is 0.737. The SMILES string of the molecule is N#C[C@@H]1CCCN1C(=O)CNC1C[C@@H]2C[C@H](OC(=O)Nc3ccccc3)C[C@@H]2C1. The molecule has 1 aromatic rings. The summed E-state index contributed by atoms with van der Waals surface area (Å²) in [6.07, 6.45) is 5.09. The normalized spacial score (nSPS) is 30.6. The lowest BCUT2D eigenvalue weighted by molar-refractivity contribution is -0.130. The van der Waals surface area contributed by atoms with Crippen LogP contribution in [0.3, 0.4) is 0 Å². The molecule has 2 aliphatic carbocycles. The number of benzene rings is 1. The van der Waals surface area contributed by atoms with Gasteiger partial charge in [-0.05, 0) is 62.5 Å². The van der Waals surface area contributed by atoms with E-state index in [9.17, 15) is 9.59 Å². The maximum atomic E-state index is 12.4. The lowest BCUT2D eigenvalue weighted by Crippen LogP contribution is -2.43. The number of fused-ring (bicyclic) bond motifs is 1. The summed E-state index contributed by atoms with van der Waals surface area (Å²) in [6, 6.07) is 11.6. The van der Waals surface area contributed by atoms with Crippen molar-refractivity contribution in [2.45, 2.75) is 56.7 Å². The largest absolute Gasteiger partial charge is 0.446 e. The molecule has 4 rings (SSSR count). The highest BCUT2D eigenvalue weighted by molar-refractivity contribution is 5.84. The second kappa shape index (κ2) is 8.83. The molecule has 0 bridgehead atoms. The number of amides is 2. The van der Waals surface area contributed by atoms with Gasteiger partial charge in [0.2, 0.25) is 5.91 Å². The van der Waals surface area contributed by atoms with Crippen LogP contribution in [0.1, 0.15) is 38.5 Å². The van der Waals surface area contributed by atoms with E-state index in [0.717, 1.165) is 44.2 Å². The minimum atomic E-state index is -0.390.